The Balaban J connectivity index is 0.00000180. The second-order valence-electron chi connectivity index (χ2n) is 4.53. The first kappa shape index (κ1) is 16.3. The number of benzene rings is 1. The fraction of sp³-hybridized carbons (Fsp3) is 0.500. The number of rotatable bonds is 6. The van der Waals surface area contributed by atoms with Crippen molar-refractivity contribution in [3.8, 4) is 0 Å². The highest BCUT2D eigenvalue weighted by atomic mass is 35.5. The second-order valence-corrected chi connectivity index (χ2v) is 5.58. The third-order valence-electron chi connectivity index (χ3n) is 3.09. The van der Waals surface area contributed by atoms with Gasteiger partial charge in [0.15, 0.2) is 0 Å². The fourth-order valence-corrected chi connectivity index (χ4v) is 2.85. The molecule has 1 aliphatic heterocycles. The van der Waals surface area contributed by atoms with Crippen molar-refractivity contribution >= 4 is 30.1 Å². The van der Waals surface area contributed by atoms with Gasteiger partial charge in [-0.1, -0.05) is 18.2 Å². The minimum Gasteiger partial charge on any atom is -0.355 e. The molecule has 19 heavy (non-hydrogen) atoms. The number of hydrogen-bond acceptors (Lipinski definition) is 3. The van der Waals surface area contributed by atoms with Gasteiger partial charge in [0.2, 0.25) is 5.91 Å². The first-order valence-electron chi connectivity index (χ1n) is 6.52. The largest absolute Gasteiger partial charge is 0.355 e. The molecule has 1 heterocycles. The topological polar surface area (TPSA) is 41.1 Å². The molecule has 1 fully saturated rings. The van der Waals surface area contributed by atoms with Crippen molar-refractivity contribution in [2.75, 3.05) is 18.8 Å². The Morgan fingerprint density at radius 3 is 2.84 bits per heavy atom. The van der Waals surface area contributed by atoms with Gasteiger partial charge in [-0.3, -0.25) is 4.79 Å². The lowest BCUT2D eigenvalue weighted by molar-refractivity contribution is -0.118. The summed E-state index contributed by atoms with van der Waals surface area (Å²) in [5.41, 5.74) is 0. The highest BCUT2D eigenvalue weighted by Gasteiger charge is 2.13. The van der Waals surface area contributed by atoms with Crippen LogP contribution in [0.4, 0.5) is 0 Å². The van der Waals surface area contributed by atoms with Crippen LogP contribution in [0.2, 0.25) is 0 Å². The summed E-state index contributed by atoms with van der Waals surface area (Å²) in [5.74, 6) is 0.629. The second kappa shape index (κ2) is 9.23. The monoisotopic (exact) mass is 300 g/mol. The normalized spacial score (nSPS) is 17.8. The molecule has 2 rings (SSSR count). The van der Waals surface area contributed by atoms with Crippen LogP contribution < -0.4 is 10.6 Å². The van der Waals surface area contributed by atoms with Gasteiger partial charge >= 0.3 is 0 Å². The van der Waals surface area contributed by atoms with Crippen LogP contribution in [0.1, 0.15) is 19.3 Å². The predicted molar refractivity (Wildman–Crippen MR) is 83.1 cm³/mol. The molecule has 1 atom stereocenters. The third kappa shape index (κ3) is 6.32. The van der Waals surface area contributed by atoms with Crippen LogP contribution in [0, 0.1) is 0 Å². The minimum absolute atomic E-state index is 0. The summed E-state index contributed by atoms with van der Waals surface area (Å²) in [4.78, 5) is 12.8. The Morgan fingerprint density at radius 1 is 1.37 bits per heavy atom. The zero-order chi connectivity index (χ0) is 12.6. The molecule has 0 bridgehead atoms. The Labute approximate surface area is 125 Å². The van der Waals surface area contributed by atoms with Gasteiger partial charge < -0.3 is 10.6 Å². The third-order valence-corrected chi connectivity index (χ3v) is 4.10. The molecule has 1 aromatic carbocycles. The molecule has 0 aliphatic carbocycles. The van der Waals surface area contributed by atoms with Crippen molar-refractivity contribution in [1.29, 1.82) is 0 Å². The molecule has 0 radical (unpaired) electrons. The Hall–Kier alpha value is -0.710. The van der Waals surface area contributed by atoms with Crippen molar-refractivity contribution in [2.24, 2.45) is 0 Å². The molecule has 0 spiro atoms. The van der Waals surface area contributed by atoms with Crippen molar-refractivity contribution < 1.29 is 4.79 Å². The highest BCUT2D eigenvalue weighted by molar-refractivity contribution is 8.00. The molecule has 5 heteroatoms. The van der Waals surface area contributed by atoms with E-state index in [1.807, 2.05) is 30.3 Å². The molecule has 1 aromatic rings. The van der Waals surface area contributed by atoms with Gasteiger partial charge in [-0.25, -0.2) is 0 Å². The zero-order valence-corrected chi connectivity index (χ0v) is 12.6. The minimum atomic E-state index is 0. The lowest BCUT2D eigenvalue weighted by Crippen LogP contribution is -2.31. The molecular weight excluding hydrogens is 280 g/mol. The molecular formula is C14H21ClN2OS. The molecule has 1 saturated heterocycles. The van der Waals surface area contributed by atoms with Crippen LogP contribution in [0.3, 0.4) is 0 Å². The molecule has 1 aliphatic rings. The van der Waals surface area contributed by atoms with Gasteiger partial charge in [-0.05, 0) is 37.9 Å². The van der Waals surface area contributed by atoms with Crippen LogP contribution in [0.5, 0.6) is 0 Å². The van der Waals surface area contributed by atoms with Gasteiger partial charge in [0.1, 0.15) is 0 Å². The summed E-state index contributed by atoms with van der Waals surface area (Å²) in [6, 6.07) is 10.6. The maximum Gasteiger partial charge on any atom is 0.230 e. The highest BCUT2D eigenvalue weighted by Crippen LogP contribution is 2.16. The number of carbonyl (C=O) groups is 1. The molecule has 3 nitrogen and oxygen atoms in total. The average Bonchev–Trinajstić information content (AvgIpc) is 2.91. The average molecular weight is 301 g/mol. The first-order valence-corrected chi connectivity index (χ1v) is 7.51. The van der Waals surface area contributed by atoms with Crippen LogP contribution >= 0.6 is 24.2 Å². The molecule has 0 saturated carbocycles. The molecule has 0 unspecified atom stereocenters. The smallest absolute Gasteiger partial charge is 0.230 e. The van der Waals surface area contributed by atoms with E-state index in [1.165, 1.54) is 12.8 Å². The van der Waals surface area contributed by atoms with Gasteiger partial charge in [-0.15, -0.1) is 24.2 Å². The summed E-state index contributed by atoms with van der Waals surface area (Å²) in [5, 5.41) is 6.41. The number of halogens is 1. The standard InChI is InChI=1S/C14H20N2OS.ClH/c17-14(11-18-13-6-2-1-3-7-13)16-10-8-12-5-4-9-15-12;/h1-3,6-7,12,15H,4-5,8-11H2,(H,16,17);1H/t12-;/m1./s1. The quantitative estimate of drug-likeness (QED) is 0.793. The van der Waals surface area contributed by atoms with Gasteiger partial charge in [0.25, 0.3) is 0 Å². The lowest BCUT2D eigenvalue weighted by atomic mass is 10.1. The number of amides is 1. The summed E-state index contributed by atoms with van der Waals surface area (Å²) in [7, 11) is 0. The molecule has 1 amide bonds. The molecule has 2 N–H and O–H groups in total. The van der Waals surface area contributed by atoms with Crippen LogP contribution in [0.15, 0.2) is 35.2 Å². The van der Waals surface area contributed by atoms with E-state index in [4.69, 9.17) is 0 Å². The lowest BCUT2D eigenvalue weighted by Gasteiger charge is -2.10. The van der Waals surface area contributed by atoms with Crippen LogP contribution in [-0.4, -0.2) is 30.8 Å². The van der Waals surface area contributed by atoms with E-state index in [0.717, 1.165) is 24.4 Å². The van der Waals surface area contributed by atoms with E-state index < -0.39 is 0 Å². The van der Waals surface area contributed by atoms with Gasteiger partial charge in [0.05, 0.1) is 5.75 Å². The SMILES string of the molecule is Cl.O=C(CSc1ccccc1)NCC[C@H]1CCCN1. The van der Waals surface area contributed by atoms with Gasteiger partial charge in [-0.2, -0.15) is 0 Å². The summed E-state index contributed by atoms with van der Waals surface area (Å²) >= 11 is 1.58. The van der Waals surface area contributed by atoms with Crippen molar-refractivity contribution in [2.45, 2.75) is 30.2 Å². The first-order chi connectivity index (χ1) is 8.84. The number of nitrogens with one attached hydrogen (secondary N) is 2. The number of hydrogen-bond donors (Lipinski definition) is 2. The fourth-order valence-electron chi connectivity index (χ4n) is 2.11. The van der Waals surface area contributed by atoms with E-state index in [-0.39, 0.29) is 18.3 Å². The number of carbonyl (C=O) groups excluding carboxylic acids is 1. The Kier molecular flexibility index (Phi) is 7.94. The summed E-state index contributed by atoms with van der Waals surface area (Å²) in [6.45, 7) is 1.91. The predicted octanol–water partition coefficient (Wildman–Crippen LogP) is 2.46. The molecule has 106 valence electrons. The zero-order valence-electron chi connectivity index (χ0n) is 10.9. The van der Waals surface area contributed by atoms with E-state index in [9.17, 15) is 4.79 Å². The molecule has 0 aromatic heterocycles. The Bertz CT molecular complexity index is 369. The van der Waals surface area contributed by atoms with Crippen molar-refractivity contribution in [3.05, 3.63) is 30.3 Å². The maximum absolute atomic E-state index is 11.6. The van der Waals surface area contributed by atoms with Crippen molar-refractivity contribution in [1.82, 2.24) is 10.6 Å². The van der Waals surface area contributed by atoms with Crippen molar-refractivity contribution in [3.63, 3.8) is 0 Å². The van der Waals surface area contributed by atoms with E-state index >= 15 is 0 Å². The summed E-state index contributed by atoms with van der Waals surface area (Å²) < 4.78 is 0. The van der Waals surface area contributed by atoms with Crippen LogP contribution in [-0.2, 0) is 4.79 Å². The number of thioether (sulfide) groups is 1. The summed E-state index contributed by atoms with van der Waals surface area (Å²) in [6.07, 6.45) is 3.55. The van der Waals surface area contributed by atoms with E-state index in [0.29, 0.717) is 11.8 Å². The van der Waals surface area contributed by atoms with E-state index in [1.54, 1.807) is 11.8 Å². The van der Waals surface area contributed by atoms with E-state index in [2.05, 4.69) is 10.6 Å². The Morgan fingerprint density at radius 2 is 2.16 bits per heavy atom. The maximum atomic E-state index is 11.6. The van der Waals surface area contributed by atoms with Crippen LogP contribution in [0.25, 0.3) is 0 Å². The van der Waals surface area contributed by atoms with Gasteiger partial charge in [0, 0.05) is 17.5 Å².